The fourth-order valence-electron chi connectivity index (χ4n) is 5.47. The van der Waals surface area contributed by atoms with Crippen molar-refractivity contribution in [1.82, 2.24) is 10.6 Å². The monoisotopic (exact) mass is 308 g/mol. The van der Waals surface area contributed by atoms with Crippen LogP contribution in [-0.4, -0.2) is 31.2 Å². The van der Waals surface area contributed by atoms with Crippen molar-refractivity contribution in [2.24, 2.45) is 23.2 Å². The molecule has 0 saturated heterocycles. The van der Waals surface area contributed by atoms with Gasteiger partial charge >= 0.3 is 12.0 Å². The Morgan fingerprint density at radius 2 is 1.68 bits per heavy atom. The van der Waals surface area contributed by atoms with Crippen LogP contribution in [0, 0.1) is 23.2 Å². The van der Waals surface area contributed by atoms with Crippen molar-refractivity contribution in [3.8, 4) is 0 Å². The third-order valence-corrected chi connectivity index (χ3v) is 6.05. The molecule has 4 rings (SSSR count). The van der Waals surface area contributed by atoms with Gasteiger partial charge in [-0.3, -0.25) is 4.79 Å². The molecule has 2 amide bonds. The number of amides is 2. The minimum absolute atomic E-state index is 0.0622. The molecule has 0 aliphatic heterocycles. The Balaban J connectivity index is 1.52. The molecule has 4 fully saturated rings. The van der Waals surface area contributed by atoms with Crippen LogP contribution in [0.25, 0.3) is 0 Å². The summed E-state index contributed by atoms with van der Waals surface area (Å²) >= 11 is 0. The first-order valence-electron chi connectivity index (χ1n) is 8.70. The average molecular weight is 308 g/mol. The molecular formula is C17H28N2O3. The zero-order valence-electron chi connectivity index (χ0n) is 13.7. The maximum atomic E-state index is 12.0. The van der Waals surface area contributed by atoms with Gasteiger partial charge in [-0.1, -0.05) is 0 Å². The molecule has 124 valence electrons. The van der Waals surface area contributed by atoms with E-state index in [1.165, 1.54) is 38.5 Å². The van der Waals surface area contributed by atoms with E-state index in [0.29, 0.717) is 6.61 Å². The Hall–Kier alpha value is -1.26. The minimum Gasteiger partial charge on any atom is -0.465 e. The van der Waals surface area contributed by atoms with Gasteiger partial charge in [0.1, 0.15) is 6.54 Å². The molecule has 1 atom stereocenters. The highest BCUT2D eigenvalue weighted by Gasteiger charge is 2.53. The van der Waals surface area contributed by atoms with Crippen molar-refractivity contribution in [2.75, 3.05) is 13.2 Å². The van der Waals surface area contributed by atoms with Crippen LogP contribution in [0.3, 0.4) is 0 Å². The Kier molecular flexibility index (Phi) is 4.33. The Bertz CT molecular complexity index is 414. The van der Waals surface area contributed by atoms with Crippen LogP contribution >= 0.6 is 0 Å². The van der Waals surface area contributed by atoms with E-state index in [0.717, 1.165) is 17.8 Å². The van der Waals surface area contributed by atoms with E-state index in [4.69, 9.17) is 4.74 Å². The predicted molar refractivity (Wildman–Crippen MR) is 83.2 cm³/mol. The first-order valence-corrected chi connectivity index (χ1v) is 8.70. The van der Waals surface area contributed by atoms with Gasteiger partial charge in [-0.2, -0.15) is 0 Å². The molecule has 5 heteroatoms. The first kappa shape index (κ1) is 15.6. The molecule has 4 bridgehead atoms. The van der Waals surface area contributed by atoms with Crippen molar-refractivity contribution in [3.63, 3.8) is 0 Å². The van der Waals surface area contributed by atoms with Crippen molar-refractivity contribution in [3.05, 3.63) is 0 Å². The standard InChI is InChI=1S/C17H28N2O3/c1-3-22-15(20)10-18-16(21)19-11(2)17-7-12-4-13(8-17)6-14(5-12)9-17/h11-14H,3-10H2,1-2H3,(H2,18,19,21). The summed E-state index contributed by atoms with van der Waals surface area (Å²) in [4.78, 5) is 23.3. The third-order valence-electron chi connectivity index (χ3n) is 6.05. The highest BCUT2D eigenvalue weighted by Crippen LogP contribution is 2.61. The number of ether oxygens (including phenoxy) is 1. The van der Waals surface area contributed by atoms with Gasteiger partial charge in [0.05, 0.1) is 6.61 Å². The van der Waals surface area contributed by atoms with Gasteiger partial charge in [0.2, 0.25) is 0 Å². The summed E-state index contributed by atoms with van der Waals surface area (Å²) in [6.45, 7) is 4.17. The Morgan fingerprint density at radius 3 is 2.18 bits per heavy atom. The van der Waals surface area contributed by atoms with Gasteiger partial charge < -0.3 is 15.4 Å². The van der Waals surface area contributed by atoms with E-state index in [-0.39, 0.29) is 30.0 Å². The number of carbonyl (C=O) groups is 2. The quantitative estimate of drug-likeness (QED) is 0.767. The zero-order valence-corrected chi connectivity index (χ0v) is 13.7. The lowest BCUT2D eigenvalue weighted by Gasteiger charge is -2.59. The first-order chi connectivity index (χ1) is 10.5. The molecule has 0 aromatic heterocycles. The third kappa shape index (κ3) is 3.08. The number of hydrogen-bond acceptors (Lipinski definition) is 3. The van der Waals surface area contributed by atoms with Crippen LogP contribution in [-0.2, 0) is 9.53 Å². The van der Waals surface area contributed by atoms with E-state index in [1.54, 1.807) is 6.92 Å². The minimum atomic E-state index is -0.389. The summed E-state index contributed by atoms with van der Waals surface area (Å²) in [7, 11) is 0. The van der Waals surface area contributed by atoms with Crippen LogP contribution in [0.2, 0.25) is 0 Å². The van der Waals surface area contributed by atoms with E-state index in [2.05, 4.69) is 17.6 Å². The van der Waals surface area contributed by atoms with Crippen molar-refractivity contribution < 1.29 is 14.3 Å². The molecule has 4 saturated carbocycles. The number of urea groups is 1. The van der Waals surface area contributed by atoms with E-state index in [9.17, 15) is 9.59 Å². The molecule has 4 aliphatic carbocycles. The Morgan fingerprint density at radius 1 is 1.14 bits per heavy atom. The smallest absolute Gasteiger partial charge is 0.325 e. The predicted octanol–water partition coefficient (Wildman–Crippen LogP) is 2.45. The molecule has 4 aliphatic rings. The summed E-state index contributed by atoms with van der Waals surface area (Å²) in [6, 6.07) is -0.0839. The number of esters is 1. The molecule has 22 heavy (non-hydrogen) atoms. The highest BCUT2D eigenvalue weighted by molar-refractivity contribution is 5.80. The summed E-state index contributed by atoms with van der Waals surface area (Å²) < 4.78 is 4.82. The Labute approximate surface area is 132 Å². The van der Waals surface area contributed by atoms with Crippen LogP contribution in [0.4, 0.5) is 4.79 Å². The zero-order chi connectivity index (χ0) is 15.7. The molecule has 2 N–H and O–H groups in total. The normalized spacial score (nSPS) is 36.7. The average Bonchev–Trinajstić information content (AvgIpc) is 2.44. The van der Waals surface area contributed by atoms with E-state index in [1.807, 2.05) is 0 Å². The topological polar surface area (TPSA) is 67.4 Å². The molecule has 0 spiro atoms. The lowest BCUT2D eigenvalue weighted by atomic mass is 9.48. The fraction of sp³-hybridized carbons (Fsp3) is 0.882. The van der Waals surface area contributed by atoms with Gasteiger partial charge in [-0.25, -0.2) is 4.79 Å². The molecule has 5 nitrogen and oxygen atoms in total. The molecule has 0 aromatic carbocycles. The van der Waals surface area contributed by atoms with Gasteiger partial charge in [-0.15, -0.1) is 0 Å². The van der Waals surface area contributed by atoms with Crippen molar-refractivity contribution in [1.29, 1.82) is 0 Å². The molecule has 0 heterocycles. The van der Waals surface area contributed by atoms with Crippen molar-refractivity contribution >= 4 is 12.0 Å². The number of hydrogen-bond donors (Lipinski definition) is 2. The molecule has 1 unspecified atom stereocenters. The highest BCUT2D eigenvalue weighted by atomic mass is 16.5. The lowest BCUT2D eigenvalue weighted by Crippen LogP contribution is -2.57. The molecular weight excluding hydrogens is 280 g/mol. The summed E-state index contributed by atoms with van der Waals surface area (Å²) in [5.41, 5.74) is 0.288. The van der Waals surface area contributed by atoms with Crippen LogP contribution < -0.4 is 10.6 Å². The number of carbonyl (C=O) groups excluding carboxylic acids is 2. The van der Waals surface area contributed by atoms with Crippen LogP contribution in [0.15, 0.2) is 0 Å². The molecule has 0 radical (unpaired) electrons. The maximum Gasteiger partial charge on any atom is 0.325 e. The van der Waals surface area contributed by atoms with Gasteiger partial charge in [0, 0.05) is 6.04 Å². The fourth-order valence-corrected chi connectivity index (χ4v) is 5.47. The van der Waals surface area contributed by atoms with Gasteiger partial charge in [0.25, 0.3) is 0 Å². The molecule has 0 aromatic rings. The number of nitrogens with one attached hydrogen (secondary N) is 2. The van der Waals surface area contributed by atoms with Crippen LogP contribution in [0.1, 0.15) is 52.4 Å². The van der Waals surface area contributed by atoms with Crippen molar-refractivity contribution in [2.45, 2.75) is 58.4 Å². The van der Waals surface area contributed by atoms with E-state index >= 15 is 0 Å². The SMILES string of the molecule is CCOC(=O)CNC(=O)NC(C)C12CC3CC(CC(C3)C1)C2. The van der Waals surface area contributed by atoms with Gasteiger partial charge in [0.15, 0.2) is 0 Å². The second-order valence-electron chi connectivity index (χ2n) is 7.63. The summed E-state index contributed by atoms with van der Waals surface area (Å²) in [5, 5.41) is 5.68. The maximum absolute atomic E-state index is 12.0. The summed E-state index contributed by atoms with van der Waals surface area (Å²) in [6.07, 6.45) is 8.00. The second kappa shape index (κ2) is 6.09. The second-order valence-corrected chi connectivity index (χ2v) is 7.63. The summed E-state index contributed by atoms with van der Waals surface area (Å²) in [5.74, 6) is 2.23. The number of rotatable bonds is 5. The van der Waals surface area contributed by atoms with Crippen LogP contribution in [0.5, 0.6) is 0 Å². The largest absolute Gasteiger partial charge is 0.465 e. The lowest BCUT2D eigenvalue weighted by molar-refractivity contribution is -0.141. The van der Waals surface area contributed by atoms with Gasteiger partial charge in [-0.05, 0) is 75.5 Å². The van der Waals surface area contributed by atoms with E-state index < -0.39 is 0 Å².